The highest BCUT2D eigenvalue weighted by molar-refractivity contribution is 5.80. The molecule has 1 atom stereocenters. The zero-order valence-electron chi connectivity index (χ0n) is 13.5. The number of aldehydes is 1. The van der Waals surface area contributed by atoms with E-state index in [-0.39, 0.29) is 18.2 Å². The number of aliphatic hydroxyl groups is 1. The first-order valence-electron chi connectivity index (χ1n) is 7.08. The van der Waals surface area contributed by atoms with Crippen molar-refractivity contribution in [3.8, 4) is 0 Å². The zero-order chi connectivity index (χ0) is 16.0. The molecular formula is C15H29NO4. The van der Waals surface area contributed by atoms with Crippen molar-refractivity contribution in [1.29, 1.82) is 0 Å². The molecule has 5 nitrogen and oxygen atoms in total. The molecule has 0 aromatic rings. The molecule has 0 aliphatic carbocycles. The second-order valence-electron chi connectivity index (χ2n) is 6.82. The van der Waals surface area contributed by atoms with Gasteiger partial charge in [-0.1, -0.05) is 13.8 Å². The van der Waals surface area contributed by atoms with Crippen LogP contribution in [0.2, 0.25) is 0 Å². The molecule has 1 unspecified atom stereocenters. The molecular weight excluding hydrogens is 258 g/mol. The summed E-state index contributed by atoms with van der Waals surface area (Å²) in [6.07, 6.45) is 1.43. The van der Waals surface area contributed by atoms with Gasteiger partial charge in [0.2, 0.25) is 5.91 Å². The summed E-state index contributed by atoms with van der Waals surface area (Å²) in [6.45, 7) is 11.2. The summed E-state index contributed by atoms with van der Waals surface area (Å²) in [5, 5.41) is 12.3. The molecule has 0 fully saturated rings. The van der Waals surface area contributed by atoms with Gasteiger partial charge in [-0.15, -0.1) is 0 Å². The van der Waals surface area contributed by atoms with E-state index in [4.69, 9.17) is 4.74 Å². The van der Waals surface area contributed by atoms with Crippen LogP contribution in [-0.4, -0.2) is 41.2 Å². The summed E-state index contributed by atoms with van der Waals surface area (Å²) < 4.78 is 5.64. The Labute approximate surface area is 122 Å². The van der Waals surface area contributed by atoms with E-state index in [1.165, 1.54) is 0 Å². The lowest BCUT2D eigenvalue weighted by Gasteiger charge is -2.27. The summed E-state index contributed by atoms with van der Waals surface area (Å²) in [4.78, 5) is 22.7. The zero-order valence-corrected chi connectivity index (χ0v) is 13.5. The molecule has 0 aliphatic heterocycles. The molecule has 0 saturated carbocycles. The molecule has 0 radical (unpaired) electrons. The van der Waals surface area contributed by atoms with Crippen LogP contribution in [0, 0.1) is 5.92 Å². The van der Waals surface area contributed by atoms with Gasteiger partial charge >= 0.3 is 0 Å². The summed E-state index contributed by atoms with van der Waals surface area (Å²) in [7, 11) is 0. The third kappa shape index (κ3) is 9.04. The van der Waals surface area contributed by atoms with E-state index in [9.17, 15) is 14.7 Å². The van der Waals surface area contributed by atoms with Crippen LogP contribution in [0.25, 0.3) is 0 Å². The first-order chi connectivity index (χ1) is 8.97. The van der Waals surface area contributed by atoms with E-state index in [2.05, 4.69) is 5.32 Å². The molecule has 0 spiro atoms. The van der Waals surface area contributed by atoms with Crippen molar-refractivity contribution >= 4 is 12.2 Å². The van der Waals surface area contributed by atoms with E-state index in [1.54, 1.807) is 13.8 Å². The maximum absolute atomic E-state index is 11.9. The molecule has 0 rings (SSSR count). The van der Waals surface area contributed by atoms with Crippen LogP contribution >= 0.6 is 0 Å². The Bertz CT molecular complexity index is 318. The standard InChI is InChI=1S/C15H29NO4/c1-11(2)12(10-17)16-13(18)9-15(5,6)20-8-7-14(3,4)19/h10-12,19H,7-9H2,1-6H3,(H,16,18). The Morgan fingerprint density at radius 1 is 1.30 bits per heavy atom. The average molecular weight is 287 g/mol. The minimum absolute atomic E-state index is 0.0654. The van der Waals surface area contributed by atoms with E-state index >= 15 is 0 Å². The number of ether oxygens (including phenoxy) is 1. The van der Waals surface area contributed by atoms with Crippen LogP contribution < -0.4 is 5.32 Å². The van der Waals surface area contributed by atoms with Crippen molar-refractivity contribution in [2.45, 2.75) is 71.6 Å². The Morgan fingerprint density at radius 3 is 2.25 bits per heavy atom. The highest BCUT2D eigenvalue weighted by Gasteiger charge is 2.25. The van der Waals surface area contributed by atoms with Gasteiger partial charge in [-0.25, -0.2) is 0 Å². The number of carbonyl (C=O) groups is 2. The number of amides is 1. The number of hydrogen-bond acceptors (Lipinski definition) is 4. The van der Waals surface area contributed by atoms with Gasteiger partial charge in [0.25, 0.3) is 0 Å². The molecule has 5 heteroatoms. The summed E-state index contributed by atoms with van der Waals surface area (Å²) >= 11 is 0. The fraction of sp³-hybridized carbons (Fsp3) is 0.867. The van der Waals surface area contributed by atoms with Crippen LogP contribution in [0.1, 0.15) is 54.4 Å². The smallest absolute Gasteiger partial charge is 0.223 e. The van der Waals surface area contributed by atoms with Crippen molar-refractivity contribution in [3.63, 3.8) is 0 Å². The summed E-state index contributed by atoms with van der Waals surface area (Å²) in [5.74, 6) is -0.139. The molecule has 1 amide bonds. The van der Waals surface area contributed by atoms with Crippen LogP contribution in [0.15, 0.2) is 0 Å². The third-order valence-corrected chi connectivity index (χ3v) is 2.99. The summed E-state index contributed by atoms with van der Waals surface area (Å²) in [5.41, 5.74) is -1.40. The van der Waals surface area contributed by atoms with Gasteiger partial charge in [-0.05, 0) is 40.0 Å². The molecule has 20 heavy (non-hydrogen) atoms. The summed E-state index contributed by atoms with van der Waals surface area (Å²) in [6, 6.07) is -0.463. The van der Waals surface area contributed by atoms with E-state index in [0.717, 1.165) is 6.29 Å². The van der Waals surface area contributed by atoms with Gasteiger partial charge in [-0.3, -0.25) is 4.79 Å². The molecule has 2 N–H and O–H groups in total. The number of carbonyl (C=O) groups excluding carboxylic acids is 2. The van der Waals surface area contributed by atoms with Gasteiger partial charge in [0, 0.05) is 0 Å². The van der Waals surface area contributed by atoms with E-state index < -0.39 is 17.2 Å². The third-order valence-electron chi connectivity index (χ3n) is 2.99. The van der Waals surface area contributed by atoms with Gasteiger partial charge in [-0.2, -0.15) is 0 Å². The Kier molecular flexibility index (Phi) is 7.38. The normalized spacial score (nSPS) is 14.2. The highest BCUT2D eigenvalue weighted by Crippen LogP contribution is 2.17. The lowest BCUT2D eigenvalue weighted by atomic mass is 10.0. The molecule has 0 aromatic carbocycles. The van der Waals surface area contributed by atoms with E-state index in [0.29, 0.717) is 13.0 Å². The predicted molar refractivity (Wildman–Crippen MR) is 78.4 cm³/mol. The van der Waals surface area contributed by atoms with Crippen LogP contribution in [0.4, 0.5) is 0 Å². The maximum Gasteiger partial charge on any atom is 0.223 e. The fourth-order valence-corrected chi connectivity index (χ4v) is 1.61. The van der Waals surface area contributed by atoms with Gasteiger partial charge < -0.3 is 20.0 Å². The van der Waals surface area contributed by atoms with E-state index in [1.807, 2.05) is 27.7 Å². The second kappa shape index (κ2) is 7.74. The molecule has 0 bridgehead atoms. The molecule has 0 heterocycles. The maximum atomic E-state index is 11.9. The molecule has 0 aromatic heterocycles. The molecule has 118 valence electrons. The van der Waals surface area contributed by atoms with Crippen molar-refractivity contribution in [2.75, 3.05) is 6.61 Å². The monoisotopic (exact) mass is 287 g/mol. The quantitative estimate of drug-likeness (QED) is 0.633. The largest absolute Gasteiger partial charge is 0.390 e. The Hall–Kier alpha value is -0.940. The van der Waals surface area contributed by atoms with Crippen molar-refractivity contribution in [2.24, 2.45) is 5.92 Å². The fourth-order valence-electron chi connectivity index (χ4n) is 1.61. The van der Waals surface area contributed by atoms with Crippen LogP contribution in [-0.2, 0) is 14.3 Å². The number of nitrogens with one attached hydrogen (secondary N) is 1. The lowest BCUT2D eigenvalue weighted by molar-refractivity contribution is -0.130. The first-order valence-corrected chi connectivity index (χ1v) is 7.08. The Morgan fingerprint density at radius 2 is 1.85 bits per heavy atom. The van der Waals surface area contributed by atoms with Crippen molar-refractivity contribution in [1.82, 2.24) is 5.32 Å². The van der Waals surface area contributed by atoms with Gasteiger partial charge in [0.15, 0.2) is 0 Å². The Balaban J connectivity index is 4.24. The second-order valence-corrected chi connectivity index (χ2v) is 6.82. The van der Waals surface area contributed by atoms with Gasteiger partial charge in [0.1, 0.15) is 6.29 Å². The van der Waals surface area contributed by atoms with Crippen LogP contribution in [0.3, 0.4) is 0 Å². The predicted octanol–water partition coefficient (Wildman–Crippen LogP) is 1.67. The molecule has 0 saturated heterocycles. The lowest BCUT2D eigenvalue weighted by Crippen LogP contribution is -2.43. The van der Waals surface area contributed by atoms with Crippen molar-refractivity contribution < 1.29 is 19.4 Å². The number of rotatable bonds is 9. The topological polar surface area (TPSA) is 75.6 Å². The first kappa shape index (κ1) is 19.1. The van der Waals surface area contributed by atoms with Crippen molar-refractivity contribution in [3.05, 3.63) is 0 Å². The minimum Gasteiger partial charge on any atom is -0.390 e. The van der Waals surface area contributed by atoms with Crippen LogP contribution in [0.5, 0.6) is 0 Å². The minimum atomic E-state index is -0.779. The molecule has 0 aliphatic rings. The highest BCUT2D eigenvalue weighted by atomic mass is 16.5. The SMILES string of the molecule is CC(C)C(C=O)NC(=O)CC(C)(C)OCCC(C)(C)O. The number of hydrogen-bond donors (Lipinski definition) is 2. The average Bonchev–Trinajstić information content (AvgIpc) is 2.22. The van der Waals surface area contributed by atoms with Gasteiger partial charge in [0.05, 0.1) is 30.3 Å².